The molecule has 8 heteroatoms. The molecule has 0 atom stereocenters. The lowest BCUT2D eigenvalue weighted by molar-refractivity contribution is -0.113. The summed E-state index contributed by atoms with van der Waals surface area (Å²) in [5, 5.41) is 2.37. The van der Waals surface area contributed by atoms with E-state index in [9.17, 15) is 17.6 Å². The molecular weight excluding hydrogens is 271 g/mol. The first-order valence-corrected chi connectivity index (χ1v) is 6.87. The second-order valence-corrected chi connectivity index (χ2v) is 5.27. The van der Waals surface area contributed by atoms with Crippen LogP contribution < -0.4 is 10.0 Å². The predicted octanol–water partition coefficient (Wildman–Crippen LogP) is 1.37. The molecule has 94 valence electrons. The SMILES string of the molecule is CS(=O)(=O)Nc1cc(NC(=O)CCl)ccc1F. The van der Waals surface area contributed by atoms with Crippen molar-refractivity contribution in [1.82, 2.24) is 0 Å². The summed E-state index contributed by atoms with van der Waals surface area (Å²) in [5.74, 6) is -1.45. The number of hydrogen-bond donors (Lipinski definition) is 2. The molecule has 2 N–H and O–H groups in total. The van der Waals surface area contributed by atoms with Gasteiger partial charge in [0.15, 0.2) is 0 Å². The van der Waals surface area contributed by atoms with E-state index in [1.807, 2.05) is 4.72 Å². The molecule has 5 nitrogen and oxygen atoms in total. The van der Waals surface area contributed by atoms with Gasteiger partial charge in [0.1, 0.15) is 11.7 Å². The zero-order chi connectivity index (χ0) is 13.1. The van der Waals surface area contributed by atoms with Crippen LogP contribution in [0.2, 0.25) is 0 Å². The molecule has 17 heavy (non-hydrogen) atoms. The van der Waals surface area contributed by atoms with Gasteiger partial charge in [-0.3, -0.25) is 9.52 Å². The molecule has 1 amide bonds. The zero-order valence-corrected chi connectivity index (χ0v) is 10.4. The van der Waals surface area contributed by atoms with Crippen LogP contribution in [-0.2, 0) is 14.8 Å². The summed E-state index contributed by atoms with van der Waals surface area (Å²) in [5.41, 5.74) is 0.0167. The van der Waals surface area contributed by atoms with Gasteiger partial charge in [0.05, 0.1) is 11.9 Å². The number of amides is 1. The normalized spacial score (nSPS) is 11.0. The minimum Gasteiger partial charge on any atom is -0.325 e. The Hall–Kier alpha value is -1.34. The summed E-state index contributed by atoms with van der Waals surface area (Å²) in [4.78, 5) is 11.0. The summed E-state index contributed by atoms with van der Waals surface area (Å²) in [6.45, 7) is 0. The Morgan fingerprint density at radius 3 is 2.65 bits per heavy atom. The Labute approximate surface area is 103 Å². The lowest BCUT2D eigenvalue weighted by Crippen LogP contribution is -2.14. The van der Waals surface area contributed by atoms with E-state index in [1.54, 1.807) is 0 Å². The monoisotopic (exact) mass is 280 g/mol. The molecule has 1 aromatic rings. The van der Waals surface area contributed by atoms with Crippen LogP contribution >= 0.6 is 11.6 Å². The molecule has 0 heterocycles. The fraction of sp³-hybridized carbons (Fsp3) is 0.222. The smallest absolute Gasteiger partial charge is 0.239 e. The quantitative estimate of drug-likeness (QED) is 0.818. The number of carbonyl (C=O) groups excluding carboxylic acids is 1. The van der Waals surface area contributed by atoms with E-state index in [1.165, 1.54) is 12.1 Å². The molecule has 0 aromatic heterocycles. The largest absolute Gasteiger partial charge is 0.325 e. The van der Waals surface area contributed by atoms with E-state index in [0.717, 1.165) is 12.3 Å². The third-order valence-electron chi connectivity index (χ3n) is 1.67. The number of halogens is 2. The first-order chi connectivity index (χ1) is 7.81. The van der Waals surface area contributed by atoms with Gasteiger partial charge in [-0.05, 0) is 18.2 Å². The fourth-order valence-corrected chi connectivity index (χ4v) is 1.70. The molecular formula is C9H10ClFN2O3S. The molecule has 0 aliphatic rings. The topological polar surface area (TPSA) is 75.3 Å². The van der Waals surface area contributed by atoms with E-state index in [0.29, 0.717) is 0 Å². The number of rotatable bonds is 4. The van der Waals surface area contributed by atoms with Gasteiger partial charge >= 0.3 is 0 Å². The van der Waals surface area contributed by atoms with E-state index < -0.39 is 21.7 Å². The van der Waals surface area contributed by atoms with Crippen molar-refractivity contribution in [2.24, 2.45) is 0 Å². The molecule has 1 aromatic carbocycles. The standard InChI is InChI=1S/C9H10ClFN2O3S/c1-17(15,16)13-8-4-6(2-3-7(8)11)12-9(14)5-10/h2-4,13H,5H2,1H3,(H,12,14). The second kappa shape index (κ2) is 5.33. The van der Waals surface area contributed by atoms with Crippen LogP contribution in [-0.4, -0.2) is 26.5 Å². The van der Waals surface area contributed by atoms with Crippen LogP contribution in [0.15, 0.2) is 18.2 Å². The van der Waals surface area contributed by atoms with Crippen molar-refractivity contribution in [3.05, 3.63) is 24.0 Å². The summed E-state index contributed by atoms with van der Waals surface area (Å²) in [7, 11) is -3.58. The van der Waals surface area contributed by atoms with Crippen molar-refractivity contribution < 1.29 is 17.6 Å². The van der Waals surface area contributed by atoms with Crippen molar-refractivity contribution in [1.29, 1.82) is 0 Å². The first kappa shape index (κ1) is 13.7. The second-order valence-electron chi connectivity index (χ2n) is 3.25. The van der Waals surface area contributed by atoms with Crippen LogP contribution in [0, 0.1) is 5.82 Å². The molecule has 0 unspecified atom stereocenters. The Bertz CT molecular complexity index is 533. The number of alkyl halides is 1. The highest BCUT2D eigenvalue weighted by atomic mass is 35.5. The molecule has 0 radical (unpaired) electrons. The van der Waals surface area contributed by atoms with E-state index in [4.69, 9.17) is 11.6 Å². The molecule has 0 aliphatic heterocycles. The molecule has 0 spiro atoms. The molecule has 0 aliphatic carbocycles. The number of hydrogen-bond acceptors (Lipinski definition) is 3. The fourth-order valence-electron chi connectivity index (χ4n) is 1.08. The van der Waals surface area contributed by atoms with Crippen molar-refractivity contribution in [3.63, 3.8) is 0 Å². The lowest BCUT2D eigenvalue weighted by atomic mass is 10.2. The average Bonchev–Trinajstić information content (AvgIpc) is 2.21. The number of benzene rings is 1. The highest BCUT2D eigenvalue weighted by Crippen LogP contribution is 2.20. The summed E-state index contributed by atoms with van der Waals surface area (Å²) < 4.78 is 37.2. The van der Waals surface area contributed by atoms with Crippen LogP contribution in [0.4, 0.5) is 15.8 Å². The first-order valence-electron chi connectivity index (χ1n) is 4.45. The summed E-state index contributed by atoms with van der Waals surface area (Å²) >= 11 is 5.28. The molecule has 0 saturated carbocycles. The summed E-state index contributed by atoms with van der Waals surface area (Å²) in [6.07, 6.45) is 0.899. The van der Waals surface area contributed by atoms with Crippen LogP contribution in [0.1, 0.15) is 0 Å². The third-order valence-corrected chi connectivity index (χ3v) is 2.50. The van der Waals surface area contributed by atoms with Gasteiger partial charge in [0.25, 0.3) is 0 Å². The van der Waals surface area contributed by atoms with Crippen LogP contribution in [0.5, 0.6) is 0 Å². The van der Waals surface area contributed by atoms with Gasteiger partial charge in [0.2, 0.25) is 15.9 Å². The number of anilines is 2. The van der Waals surface area contributed by atoms with E-state index in [2.05, 4.69) is 5.32 Å². The number of sulfonamides is 1. The highest BCUT2D eigenvalue weighted by Gasteiger charge is 2.09. The minimum absolute atomic E-state index is 0.236. The highest BCUT2D eigenvalue weighted by molar-refractivity contribution is 7.92. The van der Waals surface area contributed by atoms with Gasteiger partial charge in [-0.25, -0.2) is 12.8 Å². The maximum Gasteiger partial charge on any atom is 0.239 e. The van der Waals surface area contributed by atoms with Crippen molar-refractivity contribution in [2.45, 2.75) is 0 Å². The Morgan fingerprint density at radius 1 is 1.47 bits per heavy atom. The zero-order valence-electron chi connectivity index (χ0n) is 8.83. The van der Waals surface area contributed by atoms with Crippen LogP contribution in [0.3, 0.4) is 0 Å². The van der Waals surface area contributed by atoms with Crippen molar-refractivity contribution in [3.8, 4) is 0 Å². The Morgan fingerprint density at radius 2 is 2.12 bits per heavy atom. The molecule has 0 bridgehead atoms. The predicted molar refractivity (Wildman–Crippen MR) is 64.2 cm³/mol. The van der Waals surface area contributed by atoms with Crippen molar-refractivity contribution in [2.75, 3.05) is 22.2 Å². The van der Waals surface area contributed by atoms with Gasteiger partial charge in [-0.2, -0.15) is 0 Å². The Balaban J connectivity index is 2.98. The van der Waals surface area contributed by atoms with E-state index >= 15 is 0 Å². The molecule has 1 rings (SSSR count). The van der Waals surface area contributed by atoms with Gasteiger partial charge in [-0.1, -0.05) is 0 Å². The third kappa shape index (κ3) is 4.58. The Kier molecular flexibility index (Phi) is 4.30. The maximum atomic E-state index is 13.3. The minimum atomic E-state index is -3.58. The summed E-state index contributed by atoms with van der Waals surface area (Å²) in [6, 6.07) is 3.51. The van der Waals surface area contributed by atoms with Crippen molar-refractivity contribution >= 4 is 38.9 Å². The van der Waals surface area contributed by atoms with E-state index in [-0.39, 0.29) is 17.3 Å². The molecule has 0 saturated heterocycles. The lowest BCUT2D eigenvalue weighted by Gasteiger charge is -2.08. The number of nitrogens with one attached hydrogen (secondary N) is 2. The molecule has 0 fully saturated rings. The van der Waals surface area contributed by atoms with Gasteiger partial charge in [-0.15, -0.1) is 11.6 Å². The van der Waals surface area contributed by atoms with Gasteiger partial charge in [0, 0.05) is 5.69 Å². The van der Waals surface area contributed by atoms with Crippen LogP contribution in [0.25, 0.3) is 0 Å². The number of carbonyl (C=O) groups is 1. The maximum absolute atomic E-state index is 13.3. The van der Waals surface area contributed by atoms with Gasteiger partial charge < -0.3 is 5.32 Å². The average molecular weight is 281 g/mol.